The molecule has 0 amide bonds. The highest BCUT2D eigenvalue weighted by Gasteiger charge is 2.11. The number of hydrogen-bond donors (Lipinski definition) is 0. The van der Waals surface area contributed by atoms with E-state index in [1.807, 2.05) is 0 Å². The lowest BCUT2D eigenvalue weighted by atomic mass is 10.0. The number of rotatable bonds is 18. The third-order valence-corrected chi connectivity index (χ3v) is 5.01. The molecule has 0 saturated carbocycles. The number of terminal acetylenes is 1. The first-order chi connectivity index (χ1) is 12.5. The van der Waals surface area contributed by atoms with E-state index in [4.69, 9.17) is 6.42 Å². The molecule has 0 unspecified atom stereocenters. The summed E-state index contributed by atoms with van der Waals surface area (Å²) in [6, 6.07) is 0. The van der Waals surface area contributed by atoms with Gasteiger partial charge in [-0.1, -0.05) is 84.0 Å². The largest absolute Gasteiger partial charge is 0.862 e. The van der Waals surface area contributed by atoms with Crippen LogP contribution in [0.4, 0.5) is 0 Å². The van der Waals surface area contributed by atoms with Gasteiger partial charge in [-0.2, -0.15) is 0 Å². The molecule has 0 aromatic carbocycles. The van der Waals surface area contributed by atoms with Crippen molar-refractivity contribution in [1.82, 2.24) is 0 Å². The third-order valence-electron chi connectivity index (χ3n) is 5.01. The number of halogens is 1. The molecule has 0 heterocycles. The van der Waals surface area contributed by atoms with Gasteiger partial charge in [0.2, 0.25) is 0 Å². The summed E-state index contributed by atoms with van der Waals surface area (Å²) in [6.45, 7) is 4.37. The van der Waals surface area contributed by atoms with Crippen LogP contribution in [0.3, 0.4) is 0 Å². The highest BCUT2D eigenvalue weighted by molar-refractivity contribution is 8.93. The van der Waals surface area contributed by atoms with Gasteiger partial charge in [0.1, 0.15) is 6.54 Å². The van der Waals surface area contributed by atoms with Crippen LogP contribution in [0.1, 0.15) is 96.8 Å². The van der Waals surface area contributed by atoms with Crippen LogP contribution in [-0.4, -0.2) is 44.1 Å². The topological polar surface area (TPSA) is 35.4 Å². The molecule has 0 radical (unpaired) electrons. The molecule has 160 valence electrons. The van der Waals surface area contributed by atoms with Crippen molar-refractivity contribution < 1.29 is 9.59 Å². The summed E-state index contributed by atoms with van der Waals surface area (Å²) in [7, 11) is 4.15. The maximum Gasteiger partial charge on any atom is 0.140 e. The average Bonchev–Trinajstić information content (AvgIpc) is 2.58. The molecule has 0 aliphatic carbocycles. The smallest absolute Gasteiger partial charge is 0.140 e. The highest BCUT2D eigenvalue weighted by Crippen LogP contribution is 2.12. The first-order valence-electron chi connectivity index (χ1n) is 11.0. The van der Waals surface area contributed by atoms with Gasteiger partial charge in [-0.25, -0.2) is 0 Å². The quantitative estimate of drug-likeness (QED) is 0.0900. The lowest BCUT2D eigenvalue weighted by Crippen LogP contribution is -2.42. The Labute approximate surface area is 180 Å². The summed E-state index contributed by atoms with van der Waals surface area (Å²) in [6.07, 6.45) is 23.2. The van der Waals surface area contributed by atoms with Crippen molar-refractivity contribution in [2.75, 3.05) is 33.7 Å². The van der Waals surface area contributed by atoms with E-state index in [1.54, 1.807) is 0 Å². The molecule has 0 spiro atoms. The van der Waals surface area contributed by atoms with Crippen molar-refractivity contribution in [3.63, 3.8) is 0 Å². The number of hydrogen-bond acceptors (Lipinski definition) is 2. The molecule has 3 nitrogen and oxygen atoms in total. The predicted molar refractivity (Wildman–Crippen MR) is 124 cm³/mol. The fraction of sp³-hybridized carbons (Fsp3) is 0.870. The first kappa shape index (κ1) is 28.7. The van der Waals surface area contributed by atoms with Crippen molar-refractivity contribution >= 4 is 22.9 Å². The Bertz CT molecular complexity index is 388. The molecule has 0 aliphatic rings. The maximum absolute atomic E-state index is 11.8. The Morgan fingerprint density at radius 1 is 0.852 bits per heavy atom. The van der Waals surface area contributed by atoms with E-state index in [1.165, 1.54) is 70.6 Å². The van der Waals surface area contributed by atoms with Gasteiger partial charge >= 0.3 is 0 Å². The Morgan fingerprint density at radius 2 is 1.30 bits per heavy atom. The summed E-state index contributed by atoms with van der Waals surface area (Å²) in [5, 5.41) is 11.8. The summed E-state index contributed by atoms with van der Waals surface area (Å²) in [4.78, 5) is 4.16. The van der Waals surface area contributed by atoms with Crippen LogP contribution < -0.4 is 5.11 Å². The standard InChI is InChI=1S/C23H44N2O.BrH/c1-5-7-8-9-10-11-12-13-14-15-16-17-18-19-23(26)24-20-22-25(3,4)21-6-2;/h2H,5,7-22H2,1,3-4H3;1H. The number of likely N-dealkylation sites (N-methyl/N-ethyl adjacent to an activating group) is 1. The molecule has 0 rings (SSSR count). The van der Waals surface area contributed by atoms with Crippen LogP contribution >= 0.6 is 17.0 Å². The fourth-order valence-corrected chi connectivity index (χ4v) is 3.14. The fourth-order valence-electron chi connectivity index (χ4n) is 3.14. The number of aliphatic imine (C=N–C) groups is 1. The molecular weight excluding hydrogens is 400 g/mol. The lowest BCUT2D eigenvalue weighted by Gasteiger charge is -2.26. The van der Waals surface area contributed by atoms with Crippen LogP contribution in [0, 0.1) is 12.3 Å². The Balaban J connectivity index is 0. The van der Waals surface area contributed by atoms with Gasteiger partial charge in [-0.05, 0) is 24.7 Å². The van der Waals surface area contributed by atoms with Crippen molar-refractivity contribution in [2.24, 2.45) is 4.99 Å². The molecule has 0 fully saturated rings. The Kier molecular flexibility index (Phi) is 21.5. The van der Waals surface area contributed by atoms with Crippen molar-refractivity contribution in [3.8, 4) is 12.3 Å². The molecule has 0 atom stereocenters. The molecule has 0 aliphatic heterocycles. The summed E-state index contributed by atoms with van der Waals surface area (Å²) in [5.74, 6) is 2.74. The van der Waals surface area contributed by atoms with E-state index in [9.17, 15) is 5.11 Å². The van der Waals surface area contributed by atoms with Gasteiger partial charge in [0.25, 0.3) is 0 Å². The van der Waals surface area contributed by atoms with Crippen molar-refractivity contribution in [1.29, 1.82) is 0 Å². The van der Waals surface area contributed by atoms with Crippen molar-refractivity contribution in [2.45, 2.75) is 96.8 Å². The predicted octanol–water partition coefficient (Wildman–Crippen LogP) is 5.51. The zero-order valence-electron chi connectivity index (χ0n) is 18.3. The SMILES string of the molecule is Br.C#CC[N+](C)(C)CCN=C([O-])CCCCCCCCCCCCCCC. The van der Waals surface area contributed by atoms with Crippen LogP contribution in [0.2, 0.25) is 0 Å². The lowest BCUT2D eigenvalue weighted by molar-refractivity contribution is -0.881. The van der Waals surface area contributed by atoms with Crippen LogP contribution in [0.5, 0.6) is 0 Å². The average molecular weight is 446 g/mol. The highest BCUT2D eigenvalue weighted by atomic mass is 79.9. The molecule has 0 bridgehead atoms. The van der Waals surface area contributed by atoms with E-state index in [0.717, 1.165) is 23.9 Å². The van der Waals surface area contributed by atoms with E-state index < -0.39 is 0 Å². The maximum atomic E-state index is 11.8. The van der Waals surface area contributed by atoms with Gasteiger partial charge in [-0.3, -0.25) is 4.99 Å². The number of unbranched alkanes of at least 4 members (excludes halogenated alkanes) is 12. The zero-order chi connectivity index (χ0) is 19.5. The first-order valence-corrected chi connectivity index (χ1v) is 11.0. The van der Waals surface area contributed by atoms with E-state index in [2.05, 4.69) is 31.9 Å². The second-order valence-electron chi connectivity index (χ2n) is 8.29. The zero-order valence-corrected chi connectivity index (χ0v) is 20.0. The minimum atomic E-state index is 0. The summed E-state index contributed by atoms with van der Waals surface area (Å²) >= 11 is 0. The van der Waals surface area contributed by atoms with Crippen molar-refractivity contribution in [3.05, 3.63) is 0 Å². The Morgan fingerprint density at radius 3 is 1.74 bits per heavy atom. The van der Waals surface area contributed by atoms with E-state index >= 15 is 0 Å². The molecule has 0 aromatic heterocycles. The van der Waals surface area contributed by atoms with Crippen LogP contribution in [0.25, 0.3) is 0 Å². The summed E-state index contributed by atoms with van der Waals surface area (Å²) < 4.78 is 0.728. The molecule has 4 heteroatoms. The monoisotopic (exact) mass is 444 g/mol. The van der Waals surface area contributed by atoms with E-state index in [-0.39, 0.29) is 22.9 Å². The minimum absolute atomic E-state index is 0. The van der Waals surface area contributed by atoms with Gasteiger partial charge in [0.05, 0.1) is 27.2 Å². The second kappa shape index (κ2) is 20.2. The Hall–Kier alpha value is -0.530. The normalized spacial score (nSPS) is 11.9. The number of quaternary nitrogens is 1. The van der Waals surface area contributed by atoms with Crippen LogP contribution in [0.15, 0.2) is 4.99 Å². The van der Waals surface area contributed by atoms with Crippen LogP contribution in [-0.2, 0) is 0 Å². The minimum Gasteiger partial charge on any atom is -0.862 e. The molecular formula is C23H45BrN2O. The molecule has 0 aromatic rings. The van der Waals surface area contributed by atoms with Gasteiger partial charge in [0, 0.05) is 0 Å². The van der Waals surface area contributed by atoms with E-state index in [0.29, 0.717) is 19.5 Å². The number of nitrogens with zero attached hydrogens (tertiary/aromatic N) is 2. The van der Waals surface area contributed by atoms with Gasteiger partial charge in [0.15, 0.2) is 0 Å². The second-order valence-corrected chi connectivity index (χ2v) is 8.29. The van der Waals surface area contributed by atoms with Gasteiger partial charge < -0.3 is 9.59 Å². The molecule has 0 saturated heterocycles. The molecule has 0 N–H and O–H groups in total. The third kappa shape index (κ3) is 21.6. The molecule has 27 heavy (non-hydrogen) atoms. The van der Waals surface area contributed by atoms with Gasteiger partial charge in [-0.15, -0.1) is 23.4 Å². The summed E-state index contributed by atoms with van der Waals surface area (Å²) in [5.41, 5.74) is 0.